The average Bonchev–Trinajstić information content (AvgIpc) is 2.65. The Morgan fingerprint density at radius 2 is 2.13 bits per heavy atom. The fourth-order valence-electron chi connectivity index (χ4n) is 2.32. The molecule has 2 rings (SSSR count). The van der Waals surface area contributed by atoms with Crippen molar-refractivity contribution >= 4 is 0 Å². The van der Waals surface area contributed by atoms with E-state index in [0.717, 1.165) is 6.54 Å². The van der Waals surface area contributed by atoms with Gasteiger partial charge in [-0.1, -0.05) is 12.8 Å². The third-order valence-electron chi connectivity index (χ3n) is 3.56. The molecule has 0 aromatic carbocycles. The molecular weight excluding hydrogens is 184 g/mol. The first-order valence-electron chi connectivity index (χ1n) is 5.84. The first-order chi connectivity index (χ1) is 7.20. The van der Waals surface area contributed by atoms with E-state index in [2.05, 4.69) is 30.2 Å². The van der Waals surface area contributed by atoms with E-state index in [1.807, 2.05) is 12.4 Å². The highest BCUT2D eigenvalue weighted by atomic mass is 15.0. The van der Waals surface area contributed by atoms with Crippen molar-refractivity contribution in [2.45, 2.75) is 51.6 Å². The van der Waals surface area contributed by atoms with E-state index in [1.165, 1.54) is 36.8 Å². The van der Waals surface area contributed by atoms with E-state index >= 15 is 0 Å². The lowest BCUT2D eigenvalue weighted by molar-refractivity contribution is 0.362. The normalized spacial score (nSPS) is 19.3. The van der Waals surface area contributed by atoms with Crippen LogP contribution in [0.25, 0.3) is 0 Å². The topological polar surface area (TPSA) is 24.9 Å². The van der Waals surface area contributed by atoms with Crippen LogP contribution < -0.4 is 5.32 Å². The monoisotopic (exact) mass is 204 g/mol. The Labute approximate surface area is 92.1 Å². The molecule has 0 spiro atoms. The molecule has 15 heavy (non-hydrogen) atoms. The van der Waals surface area contributed by atoms with Crippen LogP contribution in [0.5, 0.6) is 0 Å². The molecule has 2 nitrogen and oxygen atoms in total. The maximum atomic E-state index is 4.17. The van der Waals surface area contributed by atoms with Crippen molar-refractivity contribution in [2.24, 2.45) is 0 Å². The van der Waals surface area contributed by atoms with Crippen LogP contribution in [0, 0.1) is 6.92 Å². The zero-order valence-corrected chi connectivity index (χ0v) is 9.71. The minimum Gasteiger partial charge on any atom is -0.307 e. The molecule has 0 unspecified atom stereocenters. The van der Waals surface area contributed by atoms with E-state index in [4.69, 9.17) is 0 Å². The molecule has 82 valence electrons. The van der Waals surface area contributed by atoms with Crippen LogP contribution in [-0.4, -0.2) is 10.5 Å². The van der Waals surface area contributed by atoms with Gasteiger partial charge in [-0.2, -0.15) is 0 Å². The first kappa shape index (κ1) is 10.6. The van der Waals surface area contributed by atoms with Crippen molar-refractivity contribution in [2.75, 3.05) is 0 Å². The van der Waals surface area contributed by atoms with Crippen molar-refractivity contribution < 1.29 is 0 Å². The molecule has 1 fully saturated rings. The summed E-state index contributed by atoms with van der Waals surface area (Å²) in [6.07, 6.45) is 9.19. The van der Waals surface area contributed by atoms with E-state index in [9.17, 15) is 0 Å². The second-order valence-corrected chi connectivity index (χ2v) is 4.92. The van der Waals surface area contributed by atoms with E-state index in [-0.39, 0.29) is 0 Å². The summed E-state index contributed by atoms with van der Waals surface area (Å²) in [4.78, 5) is 4.17. The predicted octanol–water partition coefficient (Wildman–Crippen LogP) is 2.81. The molecule has 1 aliphatic rings. The van der Waals surface area contributed by atoms with E-state index in [1.54, 1.807) is 0 Å². The summed E-state index contributed by atoms with van der Waals surface area (Å²) in [5.41, 5.74) is 3.02. The maximum absolute atomic E-state index is 4.17. The van der Waals surface area contributed by atoms with Gasteiger partial charge in [0.25, 0.3) is 0 Å². The second-order valence-electron chi connectivity index (χ2n) is 4.92. The van der Waals surface area contributed by atoms with Crippen LogP contribution in [0.3, 0.4) is 0 Å². The zero-order chi connectivity index (χ0) is 10.7. The van der Waals surface area contributed by atoms with Gasteiger partial charge in [0.1, 0.15) is 0 Å². The summed E-state index contributed by atoms with van der Waals surface area (Å²) in [6.45, 7) is 5.44. The Morgan fingerprint density at radius 3 is 2.80 bits per heavy atom. The molecule has 0 radical (unpaired) electrons. The fourth-order valence-corrected chi connectivity index (χ4v) is 2.32. The van der Waals surface area contributed by atoms with Crippen molar-refractivity contribution in [3.63, 3.8) is 0 Å². The predicted molar refractivity (Wildman–Crippen MR) is 62.7 cm³/mol. The van der Waals surface area contributed by atoms with Crippen LogP contribution >= 0.6 is 0 Å². The van der Waals surface area contributed by atoms with Crippen LogP contribution in [0.1, 0.15) is 43.7 Å². The summed E-state index contributed by atoms with van der Waals surface area (Å²) in [6, 6.07) is 2.08. The van der Waals surface area contributed by atoms with Gasteiger partial charge in [0.2, 0.25) is 0 Å². The molecule has 0 atom stereocenters. The summed E-state index contributed by atoms with van der Waals surface area (Å²) in [5, 5.41) is 3.68. The van der Waals surface area contributed by atoms with Gasteiger partial charge in [-0.05, 0) is 43.9 Å². The first-order valence-corrected chi connectivity index (χ1v) is 5.84. The van der Waals surface area contributed by atoms with E-state index in [0.29, 0.717) is 5.54 Å². The van der Waals surface area contributed by atoms with Crippen LogP contribution in [0.15, 0.2) is 18.5 Å². The van der Waals surface area contributed by atoms with Crippen LogP contribution in [-0.2, 0) is 6.54 Å². The van der Waals surface area contributed by atoms with Gasteiger partial charge < -0.3 is 5.32 Å². The molecule has 1 aromatic rings. The summed E-state index contributed by atoms with van der Waals surface area (Å²) in [7, 11) is 0. The number of hydrogen-bond donors (Lipinski definition) is 1. The number of nitrogens with zero attached hydrogens (tertiary/aromatic N) is 1. The zero-order valence-electron chi connectivity index (χ0n) is 9.71. The van der Waals surface area contributed by atoms with Gasteiger partial charge in [0.05, 0.1) is 0 Å². The fraction of sp³-hybridized carbons (Fsp3) is 0.615. The summed E-state index contributed by atoms with van der Waals surface area (Å²) in [5.74, 6) is 0. The number of rotatable bonds is 3. The van der Waals surface area contributed by atoms with Crippen molar-refractivity contribution in [3.05, 3.63) is 29.6 Å². The van der Waals surface area contributed by atoms with Crippen LogP contribution in [0.2, 0.25) is 0 Å². The molecule has 0 aliphatic heterocycles. The number of pyridine rings is 1. The molecule has 1 N–H and O–H groups in total. The minimum absolute atomic E-state index is 0.363. The number of aryl methyl sites for hydroxylation is 1. The van der Waals surface area contributed by atoms with Crippen molar-refractivity contribution in [3.8, 4) is 0 Å². The van der Waals surface area contributed by atoms with E-state index < -0.39 is 0 Å². The lowest BCUT2D eigenvalue weighted by atomic mass is 10.00. The second kappa shape index (κ2) is 4.31. The summed E-state index contributed by atoms with van der Waals surface area (Å²) >= 11 is 0. The van der Waals surface area contributed by atoms with Gasteiger partial charge >= 0.3 is 0 Å². The lowest BCUT2D eigenvalue weighted by Gasteiger charge is -2.25. The SMILES string of the molecule is Cc1ccncc1CNC1(C)CCCC1. The van der Waals surface area contributed by atoms with Gasteiger partial charge in [-0.15, -0.1) is 0 Å². The van der Waals surface area contributed by atoms with Crippen molar-refractivity contribution in [1.82, 2.24) is 10.3 Å². The number of hydrogen-bond acceptors (Lipinski definition) is 2. The quantitative estimate of drug-likeness (QED) is 0.819. The van der Waals surface area contributed by atoms with Gasteiger partial charge in [0.15, 0.2) is 0 Å². The van der Waals surface area contributed by atoms with Crippen LogP contribution in [0.4, 0.5) is 0 Å². The average molecular weight is 204 g/mol. The lowest BCUT2D eigenvalue weighted by Crippen LogP contribution is -2.38. The Morgan fingerprint density at radius 1 is 1.40 bits per heavy atom. The smallest absolute Gasteiger partial charge is 0.0315 e. The third kappa shape index (κ3) is 2.57. The highest BCUT2D eigenvalue weighted by Gasteiger charge is 2.27. The maximum Gasteiger partial charge on any atom is 0.0315 e. The molecule has 2 heteroatoms. The molecule has 0 bridgehead atoms. The molecule has 1 aliphatic carbocycles. The van der Waals surface area contributed by atoms with Gasteiger partial charge in [0, 0.05) is 24.5 Å². The summed E-state index contributed by atoms with van der Waals surface area (Å²) < 4.78 is 0. The highest BCUT2D eigenvalue weighted by molar-refractivity contribution is 5.21. The molecule has 1 aromatic heterocycles. The molecule has 0 saturated heterocycles. The molecular formula is C13H20N2. The highest BCUT2D eigenvalue weighted by Crippen LogP contribution is 2.29. The molecule has 1 saturated carbocycles. The third-order valence-corrected chi connectivity index (χ3v) is 3.56. The molecule has 1 heterocycles. The number of aromatic nitrogens is 1. The Balaban J connectivity index is 1.95. The van der Waals surface area contributed by atoms with Gasteiger partial charge in [-0.3, -0.25) is 4.98 Å². The van der Waals surface area contributed by atoms with Gasteiger partial charge in [-0.25, -0.2) is 0 Å². The Hall–Kier alpha value is -0.890. The van der Waals surface area contributed by atoms with Crippen molar-refractivity contribution in [1.29, 1.82) is 0 Å². The molecule has 0 amide bonds. The Bertz CT molecular complexity index is 327. The Kier molecular flexibility index (Phi) is 3.06. The standard InChI is InChI=1S/C13H20N2/c1-11-5-8-14-9-12(11)10-15-13(2)6-3-4-7-13/h5,8-9,15H,3-4,6-7,10H2,1-2H3. The number of nitrogens with one attached hydrogen (secondary N) is 1. The minimum atomic E-state index is 0.363. The largest absolute Gasteiger partial charge is 0.307 e.